The summed E-state index contributed by atoms with van der Waals surface area (Å²) in [7, 11) is 1.62. The molecule has 21 heavy (non-hydrogen) atoms. The molecular weight excluding hydrogens is 268 g/mol. The Hall–Kier alpha value is -2.04. The summed E-state index contributed by atoms with van der Waals surface area (Å²) in [6.07, 6.45) is 1.54. The number of methoxy groups -OCH3 is 1. The Morgan fingerprint density at radius 1 is 1.29 bits per heavy atom. The van der Waals surface area contributed by atoms with Gasteiger partial charge in [-0.15, -0.1) is 0 Å². The van der Waals surface area contributed by atoms with Crippen molar-refractivity contribution in [2.75, 3.05) is 26.7 Å². The van der Waals surface area contributed by atoms with E-state index in [0.29, 0.717) is 19.5 Å². The Bertz CT molecular complexity index is 474. The van der Waals surface area contributed by atoms with Crippen LogP contribution in [0.3, 0.4) is 0 Å². The number of benzene rings is 1. The van der Waals surface area contributed by atoms with E-state index in [4.69, 9.17) is 4.74 Å². The maximum Gasteiger partial charge on any atom is 0.239 e. The lowest BCUT2D eigenvalue weighted by Gasteiger charge is -2.21. The summed E-state index contributed by atoms with van der Waals surface area (Å²) in [6, 6.07) is 7.70. The predicted molar refractivity (Wildman–Crippen MR) is 82.3 cm³/mol. The summed E-state index contributed by atoms with van der Waals surface area (Å²) in [4.78, 5) is 24.9. The van der Waals surface area contributed by atoms with Gasteiger partial charge in [0.05, 0.1) is 13.7 Å². The van der Waals surface area contributed by atoms with Gasteiger partial charge in [0.2, 0.25) is 11.8 Å². The third-order valence-corrected chi connectivity index (χ3v) is 3.20. The number of nitrogens with zero attached hydrogens (tertiary/aromatic N) is 1. The van der Waals surface area contributed by atoms with Crippen LogP contribution in [0.15, 0.2) is 24.3 Å². The molecule has 0 unspecified atom stereocenters. The topological polar surface area (TPSA) is 58.6 Å². The highest BCUT2D eigenvalue weighted by atomic mass is 16.5. The lowest BCUT2D eigenvalue weighted by molar-refractivity contribution is -0.134. The predicted octanol–water partition coefficient (Wildman–Crippen LogP) is 1.61. The number of carbonyl (C=O) groups is 2. The van der Waals surface area contributed by atoms with E-state index in [1.165, 1.54) is 6.92 Å². The summed E-state index contributed by atoms with van der Waals surface area (Å²) < 4.78 is 5.29. The van der Waals surface area contributed by atoms with Crippen LogP contribution in [0, 0.1) is 0 Å². The fourth-order valence-corrected chi connectivity index (χ4v) is 2.01. The first-order valence-electron chi connectivity index (χ1n) is 7.22. The van der Waals surface area contributed by atoms with Gasteiger partial charge in [-0.3, -0.25) is 9.59 Å². The lowest BCUT2D eigenvalue weighted by atomic mass is 10.1. The fourth-order valence-electron chi connectivity index (χ4n) is 2.01. The van der Waals surface area contributed by atoms with Gasteiger partial charge in [0.25, 0.3) is 0 Å². The number of hydrogen-bond donors (Lipinski definition) is 1. The van der Waals surface area contributed by atoms with Gasteiger partial charge in [-0.1, -0.05) is 25.1 Å². The summed E-state index contributed by atoms with van der Waals surface area (Å²) in [5.41, 5.74) is 1.03. The van der Waals surface area contributed by atoms with Gasteiger partial charge in [0, 0.05) is 20.0 Å². The van der Waals surface area contributed by atoms with Crippen molar-refractivity contribution in [3.63, 3.8) is 0 Å². The number of hydrogen-bond acceptors (Lipinski definition) is 3. The van der Waals surface area contributed by atoms with Gasteiger partial charge in [-0.2, -0.15) is 0 Å². The molecule has 1 N–H and O–H groups in total. The first-order valence-corrected chi connectivity index (χ1v) is 7.22. The smallest absolute Gasteiger partial charge is 0.239 e. The van der Waals surface area contributed by atoms with Gasteiger partial charge in [0.15, 0.2) is 0 Å². The molecule has 1 aromatic rings. The molecule has 0 spiro atoms. The molecule has 0 saturated heterocycles. The zero-order chi connectivity index (χ0) is 15.7. The molecule has 0 fully saturated rings. The van der Waals surface area contributed by atoms with Crippen molar-refractivity contribution in [3.05, 3.63) is 29.8 Å². The maximum absolute atomic E-state index is 11.7. The Morgan fingerprint density at radius 2 is 2.00 bits per heavy atom. The molecule has 1 aromatic carbocycles. The van der Waals surface area contributed by atoms with E-state index in [-0.39, 0.29) is 18.4 Å². The van der Waals surface area contributed by atoms with Crippen LogP contribution in [-0.4, -0.2) is 43.5 Å². The SMILES string of the molecule is CCCNC(=O)CN(CCc1ccccc1OC)C(C)=O. The maximum atomic E-state index is 11.7. The quantitative estimate of drug-likeness (QED) is 0.792. The summed E-state index contributed by atoms with van der Waals surface area (Å²) in [5, 5.41) is 2.78. The van der Waals surface area contributed by atoms with Crippen LogP contribution in [0.4, 0.5) is 0 Å². The van der Waals surface area contributed by atoms with Gasteiger partial charge in [-0.25, -0.2) is 0 Å². The highest BCUT2D eigenvalue weighted by Crippen LogP contribution is 2.17. The van der Waals surface area contributed by atoms with Crippen LogP contribution in [0.1, 0.15) is 25.8 Å². The van der Waals surface area contributed by atoms with E-state index in [1.54, 1.807) is 12.0 Å². The lowest BCUT2D eigenvalue weighted by Crippen LogP contribution is -2.40. The van der Waals surface area contributed by atoms with Crippen LogP contribution in [-0.2, 0) is 16.0 Å². The summed E-state index contributed by atoms with van der Waals surface area (Å²) in [5.74, 6) is 0.583. The van der Waals surface area contributed by atoms with Gasteiger partial charge < -0.3 is 15.0 Å². The minimum atomic E-state index is -0.118. The van der Waals surface area contributed by atoms with E-state index in [9.17, 15) is 9.59 Å². The Labute approximate surface area is 126 Å². The average molecular weight is 292 g/mol. The van der Waals surface area contributed by atoms with E-state index >= 15 is 0 Å². The fraction of sp³-hybridized carbons (Fsp3) is 0.500. The van der Waals surface area contributed by atoms with E-state index < -0.39 is 0 Å². The van der Waals surface area contributed by atoms with Crippen molar-refractivity contribution >= 4 is 11.8 Å². The van der Waals surface area contributed by atoms with Gasteiger partial charge >= 0.3 is 0 Å². The number of amides is 2. The molecule has 0 aromatic heterocycles. The number of para-hydroxylation sites is 1. The number of nitrogens with one attached hydrogen (secondary N) is 1. The van der Waals surface area contributed by atoms with E-state index in [1.807, 2.05) is 31.2 Å². The second-order valence-corrected chi connectivity index (χ2v) is 4.85. The van der Waals surface area contributed by atoms with Crippen LogP contribution >= 0.6 is 0 Å². The summed E-state index contributed by atoms with van der Waals surface area (Å²) in [6.45, 7) is 4.71. The summed E-state index contributed by atoms with van der Waals surface area (Å²) >= 11 is 0. The minimum absolute atomic E-state index is 0.100. The molecule has 0 aliphatic carbocycles. The Balaban J connectivity index is 2.59. The number of rotatable bonds is 8. The van der Waals surface area contributed by atoms with Crippen molar-refractivity contribution in [2.45, 2.75) is 26.7 Å². The molecule has 2 amide bonds. The van der Waals surface area contributed by atoms with E-state index in [0.717, 1.165) is 17.7 Å². The van der Waals surface area contributed by atoms with Crippen LogP contribution < -0.4 is 10.1 Å². The second-order valence-electron chi connectivity index (χ2n) is 4.85. The van der Waals surface area contributed by atoms with Crippen molar-refractivity contribution in [3.8, 4) is 5.75 Å². The van der Waals surface area contributed by atoms with Crippen molar-refractivity contribution in [1.29, 1.82) is 0 Å². The molecule has 0 saturated carbocycles. The molecule has 5 heteroatoms. The molecule has 1 rings (SSSR count). The highest BCUT2D eigenvalue weighted by Gasteiger charge is 2.14. The van der Waals surface area contributed by atoms with Crippen LogP contribution in [0.25, 0.3) is 0 Å². The minimum Gasteiger partial charge on any atom is -0.496 e. The number of ether oxygens (including phenoxy) is 1. The first-order chi connectivity index (χ1) is 10.1. The van der Waals surface area contributed by atoms with Crippen molar-refractivity contribution < 1.29 is 14.3 Å². The molecule has 0 radical (unpaired) electrons. The van der Waals surface area contributed by atoms with Gasteiger partial charge in [0.1, 0.15) is 5.75 Å². The second kappa shape index (κ2) is 9.00. The molecule has 0 heterocycles. The third kappa shape index (κ3) is 5.85. The molecule has 0 atom stereocenters. The average Bonchev–Trinajstić information content (AvgIpc) is 2.49. The van der Waals surface area contributed by atoms with Crippen LogP contribution in [0.2, 0.25) is 0 Å². The largest absolute Gasteiger partial charge is 0.496 e. The monoisotopic (exact) mass is 292 g/mol. The molecular formula is C16H24N2O3. The zero-order valence-electron chi connectivity index (χ0n) is 13.0. The molecule has 5 nitrogen and oxygen atoms in total. The molecule has 0 aliphatic heterocycles. The third-order valence-electron chi connectivity index (χ3n) is 3.20. The normalized spacial score (nSPS) is 10.0. The van der Waals surface area contributed by atoms with E-state index in [2.05, 4.69) is 5.32 Å². The highest BCUT2D eigenvalue weighted by molar-refractivity contribution is 5.83. The Kier molecular flexibility index (Phi) is 7.29. The Morgan fingerprint density at radius 3 is 2.62 bits per heavy atom. The van der Waals surface area contributed by atoms with Gasteiger partial charge in [-0.05, 0) is 24.5 Å². The zero-order valence-corrected chi connectivity index (χ0v) is 13.0. The molecule has 0 bridgehead atoms. The molecule has 0 aliphatic rings. The van der Waals surface area contributed by atoms with Crippen LogP contribution in [0.5, 0.6) is 5.75 Å². The van der Waals surface area contributed by atoms with Crippen molar-refractivity contribution in [2.24, 2.45) is 0 Å². The van der Waals surface area contributed by atoms with Crippen molar-refractivity contribution in [1.82, 2.24) is 10.2 Å². The number of carbonyl (C=O) groups excluding carboxylic acids is 2. The molecule has 116 valence electrons. The first kappa shape index (κ1) is 17.0. The standard InChI is InChI=1S/C16H24N2O3/c1-4-10-17-16(20)12-18(13(2)19)11-9-14-7-5-6-8-15(14)21-3/h5-8H,4,9-12H2,1-3H3,(H,17,20).